The van der Waals surface area contributed by atoms with E-state index in [0.717, 1.165) is 50.2 Å². The number of likely N-dealkylation sites (tertiary alicyclic amines) is 2. The maximum Gasteiger partial charge on any atom is 0.573 e. The van der Waals surface area contributed by atoms with E-state index in [4.69, 9.17) is 0 Å². The second-order valence-electron chi connectivity index (χ2n) is 9.79. The van der Waals surface area contributed by atoms with Gasteiger partial charge in [-0.15, -0.1) is 18.3 Å². The van der Waals surface area contributed by atoms with Gasteiger partial charge in [0.25, 0.3) is 0 Å². The van der Waals surface area contributed by atoms with E-state index in [1.165, 1.54) is 30.3 Å². The van der Waals surface area contributed by atoms with Crippen molar-refractivity contribution < 1.29 is 27.5 Å². The van der Waals surface area contributed by atoms with Crippen molar-refractivity contribution in [1.29, 1.82) is 0 Å². The highest BCUT2D eigenvalue weighted by atomic mass is 19.4. The second kappa shape index (κ2) is 9.94. The third-order valence-electron chi connectivity index (χ3n) is 7.51. The molecule has 0 saturated carbocycles. The van der Waals surface area contributed by atoms with Crippen molar-refractivity contribution in [2.45, 2.75) is 38.5 Å². The van der Waals surface area contributed by atoms with E-state index < -0.39 is 6.36 Å². The van der Waals surface area contributed by atoms with Crippen LogP contribution in [-0.2, 0) is 22.4 Å². The Morgan fingerprint density at radius 2 is 1.72 bits per heavy atom. The van der Waals surface area contributed by atoms with Gasteiger partial charge in [0, 0.05) is 44.6 Å². The van der Waals surface area contributed by atoms with Crippen LogP contribution in [0.1, 0.15) is 36.2 Å². The number of ether oxygens (including phenoxy) is 1. The van der Waals surface area contributed by atoms with E-state index >= 15 is 0 Å². The highest BCUT2D eigenvalue weighted by Gasteiger charge is 2.40. The molecule has 8 nitrogen and oxygen atoms in total. The molecule has 192 valence electrons. The number of aromatic amines is 1. The maximum absolute atomic E-state index is 13.2. The van der Waals surface area contributed by atoms with Crippen LogP contribution in [0.15, 0.2) is 30.3 Å². The van der Waals surface area contributed by atoms with E-state index in [0.29, 0.717) is 36.9 Å². The maximum atomic E-state index is 13.2. The van der Waals surface area contributed by atoms with Crippen LogP contribution in [0.3, 0.4) is 0 Å². The Bertz CT molecular complexity index is 1110. The third-order valence-corrected chi connectivity index (χ3v) is 7.51. The summed E-state index contributed by atoms with van der Waals surface area (Å²) in [6.07, 6.45) is 2.26. The number of alkyl halides is 3. The molecule has 2 saturated heterocycles. The standard InChI is InChI=1S/C25H28F3N5O3/c26-25(27,28)36-20-5-1-16(2-6-20)3-8-23(34)32-11-9-18-14-33(15-19(18)10-12-32)24(35)17-4-7-21-22(13-17)30-31-29-21/h1-3,5-6,8,17-19H,4,7,9-15H2,(H,29,30,31)/b8-3+/t17-,18-,19+/m1/s1. The Morgan fingerprint density at radius 1 is 1.03 bits per heavy atom. The van der Waals surface area contributed by atoms with Crippen LogP contribution in [0.5, 0.6) is 5.75 Å². The van der Waals surface area contributed by atoms with E-state index in [1.54, 1.807) is 6.08 Å². The number of carbonyl (C=O) groups is 2. The first-order valence-corrected chi connectivity index (χ1v) is 12.3. The summed E-state index contributed by atoms with van der Waals surface area (Å²) in [5, 5.41) is 10.9. The van der Waals surface area contributed by atoms with Gasteiger partial charge < -0.3 is 14.5 Å². The van der Waals surface area contributed by atoms with Gasteiger partial charge in [0.2, 0.25) is 11.8 Å². The van der Waals surface area contributed by atoms with Gasteiger partial charge in [-0.1, -0.05) is 17.3 Å². The number of nitrogens with one attached hydrogen (secondary N) is 1. The summed E-state index contributed by atoms with van der Waals surface area (Å²) in [7, 11) is 0. The Kier molecular flexibility index (Phi) is 6.72. The number of benzene rings is 1. The molecule has 3 heterocycles. The fourth-order valence-electron chi connectivity index (χ4n) is 5.56. The Balaban J connectivity index is 1.11. The van der Waals surface area contributed by atoms with Crippen molar-refractivity contribution in [3.63, 3.8) is 0 Å². The molecule has 2 aliphatic heterocycles. The van der Waals surface area contributed by atoms with Crippen LogP contribution < -0.4 is 4.74 Å². The van der Waals surface area contributed by atoms with Crippen molar-refractivity contribution in [2.75, 3.05) is 26.2 Å². The third kappa shape index (κ3) is 5.55. The number of aryl methyl sites for hydroxylation is 1. The molecule has 36 heavy (non-hydrogen) atoms. The molecule has 2 aromatic rings. The largest absolute Gasteiger partial charge is 0.573 e. The lowest BCUT2D eigenvalue weighted by Crippen LogP contribution is -2.38. The van der Waals surface area contributed by atoms with Gasteiger partial charge in [0.05, 0.1) is 11.4 Å². The number of H-pyrrole nitrogens is 1. The van der Waals surface area contributed by atoms with Crippen molar-refractivity contribution in [1.82, 2.24) is 25.2 Å². The SMILES string of the molecule is O=C(/C=C/c1ccc(OC(F)(F)F)cc1)N1CC[C@@H]2CN(C(=O)[C@@H]3CCc4[nH]nnc4C3)C[C@@H]2CC1. The van der Waals surface area contributed by atoms with Crippen LogP contribution in [-0.4, -0.2) is 69.6 Å². The minimum atomic E-state index is -4.74. The number of halogens is 3. The highest BCUT2D eigenvalue weighted by Crippen LogP contribution is 2.34. The molecule has 1 N–H and O–H groups in total. The Labute approximate surface area is 206 Å². The van der Waals surface area contributed by atoms with Crippen molar-refractivity contribution in [2.24, 2.45) is 17.8 Å². The Morgan fingerprint density at radius 3 is 2.39 bits per heavy atom. The molecule has 1 aliphatic carbocycles. The summed E-state index contributed by atoms with van der Waals surface area (Å²) < 4.78 is 40.7. The average molecular weight is 504 g/mol. The minimum absolute atomic E-state index is 0.0396. The van der Waals surface area contributed by atoms with E-state index in [2.05, 4.69) is 20.1 Å². The first-order chi connectivity index (χ1) is 17.2. The fourth-order valence-corrected chi connectivity index (χ4v) is 5.56. The predicted octanol–water partition coefficient (Wildman–Crippen LogP) is 3.22. The number of aromatic nitrogens is 3. The lowest BCUT2D eigenvalue weighted by Gasteiger charge is -2.26. The molecule has 3 aliphatic rings. The van der Waals surface area contributed by atoms with Crippen LogP contribution in [0, 0.1) is 17.8 Å². The summed E-state index contributed by atoms with van der Waals surface area (Å²) in [5.41, 5.74) is 2.55. The van der Waals surface area contributed by atoms with E-state index in [9.17, 15) is 22.8 Å². The van der Waals surface area contributed by atoms with Crippen molar-refractivity contribution >= 4 is 17.9 Å². The van der Waals surface area contributed by atoms with Crippen LogP contribution >= 0.6 is 0 Å². The van der Waals surface area contributed by atoms with Crippen molar-refractivity contribution in [3.8, 4) is 5.75 Å². The lowest BCUT2D eigenvalue weighted by molar-refractivity contribution is -0.274. The molecule has 0 bridgehead atoms. The molecule has 1 aromatic heterocycles. The molecule has 0 spiro atoms. The first kappa shape index (κ1) is 24.3. The molecule has 0 radical (unpaired) electrons. The molecular weight excluding hydrogens is 475 g/mol. The monoisotopic (exact) mass is 503 g/mol. The summed E-state index contributed by atoms with van der Waals surface area (Å²) in [6.45, 7) is 2.71. The number of carbonyl (C=O) groups excluding carboxylic acids is 2. The summed E-state index contributed by atoms with van der Waals surface area (Å²) in [4.78, 5) is 29.7. The zero-order valence-electron chi connectivity index (χ0n) is 19.7. The highest BCUT2D eigenvalue weighted by molar-refractivity contribution is 5.91. The molecule has 1 aromatic carbocycles. The van der Waals surface area contributed by atoms with Crippen LogP contribution in [0.25, 0.3) is 6.08 Å². The molecule has 3 atom stereocenters. The van der Waals surface area contributed by atoms with Gasteiger partial charge >= 0.3 is 6.36 Å². The first-order valence-electron chi connectivity index (χ1n) is 12.3. The van der Waals surface area contributed by atoms with Gasteiger partial charge in [-0.05, 0) is 61.3 Å². The molecule has 11 heteroatoms. The number of hydrogen-bond donors (Lipinski definition) is 1. The smallest absolute Gasteiger partial charge is 0.406 e. The normalized spacial score (nSPS) is 24.4. The number of hydrogen-bond acceptors (Lipinski definition) is 5. The van der Waals surface area contributed by atoms with Crippen LogP contribution in [0.2, 0.25) is 0 Å². The average Bonchev–Trinajstić information content (AvgIpc) is 3.44. The molecular formula is C25H28F3N5O3. The van der Waals surface area contributed by atoms with E-state index in [-0.39, 0.29) is 23.5 Å². The zero-order chi connectivity index (χ0) is 25.3. The summed E-state index contributed by atoms with van der Waals surface area (Å²) in [5.74, 6) is 0.501. The lowest BCUT2D eigenvalue weighted by atomic mass is 9.89. The summed E-state index contributed by atoms with van der Waals surface area (Å²) >= 11 is 0. The molecule has 0 unspecified atom stereocenters. The van der Waals surface area contributed by atoms with E-state index in [1.807, 2.05) is 9.80 Å². The van der Waals surface area contributed by atoms with Crippen molar-refractivity contribution in [3.05, 3.63) is 47.3 Å². The van der Waals surface area contributed by atoms with Gasteiger partial charge in [-0.2, -0.15) is 0 Å². The predicted molar refractivity (Wildman–Crippen MR) is 123 cm³/mol. The number of fused-ring (bicyclic) bond motifs is 2. The zero-order valence-corrected chi connectivity index (χ0v) is 19.7. The second-order valence-corrected chi connectivity index (χ2v) is 9.79. The fraction of sp³-hybridized carbons (Fsp3) is 0.520. The van der Waals surface area contributed by atoms with Crippen LogP contribution in [0.4, 0.5) is 13.2 Å². The van der Waals surface area contributed by atoms with Gasteiger partial charge in [-0.3, -0.25) is 14.7 Å². The van der Waals surface area contributed by atoms with Gasteiger partial charge in [0.1, 0.15) is 5.75 Å². The number of amides is 2. The van der Waals surface area contributed by atoms with Gasteiger partial charge in [-0.25, -0.2) is 0 Å². The molecule has 5 rings (SSSR count). The number of rotatable bonds is 4. The summed E-state index contributed by atoms with van der Waals surface area (Å²) in [6, 6.07) is 5.38. The molecule has 2 fully saturated rings. The molecule has 2 amide bonds. The topological polar surface area (TPSA) is 91.4 Å². The quantitative estimate of drug-likeness (QED) is 0.647. The number of nitrogens with zero attached hydrogens (tertiary/aromatic N) is 4. The van der Waals surface area contributed by atoms with Gasteiger partial charge in [0.15, 0.2) is 0 Å². The minimum Gasteiger partial charge on any atom is -0.406 e. The Hall–Kier alpha value is -3.37.